The van der Waals surface area contributed by atoms with Crippen LogP contribution in [0.2, 0.25) is 0 Å². The number of hydrogen-bond acceptors (Lipinski definition) is 5. The fraction of sp³-hybridized carbons (Fsp3) is 0.300. The van der Waals surface area contributed by atoms with E-state index in [1.54, 1.807) is 31.2 Å². The third-order valence-electron chi connectivity index (χ3n) is 4.77. The van der Waals surface area contributed by atoms with Crippen molar-refractivity contribution in [2.45, 2.75) is 19.5 Å². The number of para-hydroxylation sites is 1. The van der Waals surface area contributed by atoms with Crippen molar-refractivity contribution in [3.05, 3.63) is 64.1 Å². The summed E-state index contributed by atoms with van der Waals surface area (Å²) in [6, 6.07) is 9.92. The molecule has 0 spiro atoms. The lowest BCUT2D eigenvalue weighted by Crippen LogP contribution is -2.26. The molecule has 0 fully saturated rings. The van der Waals surface area contributed by atoms with Crippen LogP contribution in [0.15, 0.2) is 47.3 Å². The molecule has 31 heavy (non-hydrogen) atoms. The normalized spacial score (nSPS) is 12.3. The maximum Gasteiger partial charge on any atom is 0.416 e. The summed E-state index contributed by atoms with van der Waals surface area (Å²) in [5, 5.41) is 3.19. The van der Waals surface area contributed by atoms with Crippen molar-refractivity contribution in [2.75, 3.05) is 24.7 Å². The molecule has 2 aromatic carbocycles. The summed E-state index contributed by atoms with van der Waals surface area (Å²) < 4.78 is 66.4. The number of rotatable bonds is 7. The van der Waals surface area contributed by atoms with Crippen LogP contribution in [0.3, 0.4) is 0 Å². The first-order valence-electron chi connectivity index (χ1n) is 9.38. The highest BCUT2D eigenvalue weighted by Crippen LogP contribution is 2.33. The van der Waals surface area contributed by atoms with E-state index in [0.717, 1.165) is 16.7 Å². The molecule has 3 rings (SSSR count). The highest BCUT2D eigenvalue weighted by Gasteiger charge is 2.31. The Kier molecular flexibility index (Phi) is 6.37. The Morgan fingerprint density at radius 1 is 1.13 bits per heavy atom. The van der Waals surface area contributed by atoms with E-state index in [4.69, 9.17) is 0 Å². The number of alkyl halides is 3. The number of nitrogens with one attached hydrogen (secondary N) is 2. The van der Waals surface area contributed by atoms with Gasteiger partial charge in [0, 0.05) is 11.9 Å². The number of benzene rings is 2. The van der Waals surface area contributed by atoms with E-state index in [0.29, 0.717) is 16.6 Å². The first-order chi connectivity index (χ1) is 14.5. The lowest BCUT2D eigenvalue weighted by molar-refractivity contribution is -0.137. The van der Waals surface area contributed by atoms with Gasteiger partial charge in [0.15, 0.2) is 0 Å². The molecule has 0 aliphatic heterocycles. The zero-order valence-corrected chi connectivity index (χ0v) is 17.6. The lowest BCUT2D eigenvalue weighted by atomic mass is 10.1. The average Bonchev–Trinajstić information content (AvgIpc) is 2.71. The van der Waals surface area contributed by atoms with Crippen molar-refractivity contribution in [1.82, 2.24) is 14.3 Å². The van der Waals surface area contributed by atoms with E-state index in [9.17, 15) is 26.4 Å². The van der Waals surface area contributed by atoms with Gasteiger partial charge in [-0.1, -0.05) is 18.2 Å². The molecule has 1 aromatic heterocycles. The molecule has 2 N–H and O–H groups in total. The van der Waals surface area contributed by atoms with Gasteiger partial charge in [0.1, 0.15) is 5.82 Å². The summed E-state index contributed by atoms with van der Waals surface area (Å²) in [7, 11) is -2.09. The molecule has 0 saturated heterocycles. The van der Waals surface area contributed by atoms with Gasteiger partial charge in [0.05, 0.1) is 22.5 Å². The van der Waals surface area contributed by atoms with Gasteiger partial charge in [-0.05, 0) is 50.2 Å². The third kappa shape index (κ3) is 5.05. The predicted molar refractivity (Wildman–Crippen MR) is 113 cm³/mol. The molecule has 0 amide bonds. The molecule has 0 saturated carbocycles. The molecule has 1 heterocycles. The van der Waals surface area contributed by atoms with Crippen LogP contribution in [0.1, 0.15) is 17.5 Å². The quantitative estimate of drug-likeness (QED) is 0.536. The first-order valence-corrected chi connectivity index (χ1v) is 11.0. The number of aromatic nitrogens is 2. The van der Waals surface area contributed by atoms with Crippen molar-refractivity contribution in [3.63, 3.8) is 0 Å². The van der Waals surface area contributed by atoms with Gasteiger partial charge < -0.3 is 5.32 Å². The molecule has 3 aromatic rings. The monoisotopic (exact) mass is 454 g/mol. The number of nitrogens with zero attached hydrogens (tertiary/aromatic N) is 2. The smallest absolute Gasteiger partial charge is 0.369 e. The molecule has 0 aliphatic rings. The van der Waals surface area contributed by atoms with Crippen LogP contribution in [0.25, 0.3) is 16.6 Å². The third-order valence-corrected chi connectivity index (χ3v) is 6.22. The largest absolute Gasteiger partial charge is 0.416 e. The van der Waals surface area contributed by atoms with Crippen molar-refractivity contribution < 1.29 is 21.6 Å². The zero-order chi connectivity index (χ0) is 22.8. The van der Waals surface area contributed by atoms with Crippen LogP contribution >= 0.6 is 0 Å². The Morgan fingerprint density at radius 3 is 2.48 bits per heavy atom. The van der Waals surface area contributed by atoms with Gasteiger partial charge in [-0.25, -0.2) is 17.9 Å². The van der Waals surface area contributed by atoms with Crippen molar-refractivity contribution >= 4 is 26.7 Å². The van der Waals surface area contributed by atoms with Crippen molar-refractivity contribution in [2.24, 2.45) is 0 Å². The van der Waals surface area contributed by atoms with Crippen molar-refractivity contribution in [3.8, 4) is 5.69 Å². The van der Waals surface area contributed by atoms with E-state index in [1.807, 2.05) is 0 Å². The molecular weight excluding hydrogens is 433 g/mol. The van der Waals surface area contributed by atoms with Gasteiger partial charge in [-0.3, -0.25) is 4.57 Å². The number of fused-ring (bicyclic) bond motifs is 1. The minimum atomic E-state index is -4.58. The summed E-state index contributed by atoms with van der Waals surface area (Å²) >= 11 is 0. The van der Waals surface area contributed by atoms with Gasteiger partial charge in [-0.15, -0.1) is 0 Å². The standard InChI is InChI=1S/C20H21F3N4O3S/c1-13-6-3-4-7-16(13)27-17-12-14(20(21,22)23)8-9-15(17)18(26-19(27)28)25-10-5-11-31(29,30)24-2/h3-4,6-9,12,24H,5,10-11H2,1-2H3,(H,25,26,28). The first kappa shape index (κ1) is 22.8. The van der Waals surface area contributed by atoms with Gasteiger partial charge >= 0.3 is 11.9 Å². The predicted octanol–water partition coefficient (Wildman–Crippen LogP) is 3.06. The summed E-state index contributed by atoms with van der Waals surface area (Å²) in [6.45, 7) is 1.91. The molecule has 0 bridgehead atoms. The van der Waals surface area contributed by atoms with Crippen LogP contribution in [-0.2, 0) is 16.2 Å². The Morgan fingerprint density at radius 2 is 1.84 bits per heavy atom. The van der Waals surface area contributed by atoms with Crippen LogP contribution in [0.4, 0.5) is 19.0 Å². The topological polar surface area (TPSA) is 93.1 Å². The van der Waals surface area contributed by atoms with Crippen LogP contribution in [0, 0.1) is 6.92 Å². The molecule has 166 valence electrons. The molecule has 7 nitrogen and oxygen atoms in total. The van der Waals surface area contributed by atoms with Crippen LogP contribution in [0.5, 0.6) is 0 Å². The molecular formula is C20H21F3N4O3S. The number of anilines is 1. The maximum absolute atomic E-state index is 13.3. The lowest BCUT2D eigenvalue weighted by Gasteiger charge is -2.17. The van der Waals surface area contributed by atoms with Gasteiger partial charge in [0.2, 0.25) is 10.0 Å². The molecule has 0 atom stereocenters. The second-order valence-electron chi connectivity index (χ2n) is 6.90. The number of aryl methyl sites for hydroxylation is 1. The van der Waals surface area contributed by atoms with Crippen molar-refractivity contribution in [1.29, 1.82) is 0 Å². The molecule has 11 heteroatoms. The summed E-state index contributed by atoms with van der Waals surface area (Å²) in [5.74, 6) is -0.0483. The van der Waals surface area contributed by atoms with E-state index in [-0.39, 0.29) is 30.1 Å². The molecule has 0 unspecified atom stereocenters. The highest BCUT2D eigenvalue weighted by atomic mass is 32.2. The number of hydrogen-bond donors (Lipinski definition) is 2. The number of sulfonamides is 1. The van der Waals surface area contributed by atoms with Crippen LogP contribution < -0.4 is 15.7 Å². The van der Waals surface area contributed by atoms with E-state index >= 15 is 0 Å². The molecule has 0 aliphatic carbocycles. The minimum Gasteiger partial charge on any atom is -0.369 e. The van der Waals surface area contributed by atoms with Gasteiger partial charge in [-0.2, -0.15) is 18.2 Å². The Labute approximate surface area is 177 Å². The summed E-state index contributed by atoms with van der Waals surface area (Å²) in [4.78, 5) is 16.8. The summed E-state index contributed by atoms with van der Waals surface area (Å²) in [6.07, 6.45) is -4.37. The van der Waals surface area contributed by atoms with Gasteiger partial charge in [0.25, 0.3) is 0 Å². The van der Waals surface area contributed by atoms with E-state index in [1.165, 1.54) is 13.1 Å². The Balaban J connectivity index is 2.11. The minimum absolute atomic E-state index is 0.0504. The second kappa shape index (κ2) is 8.67. The highest BCUT2D eigenvalue weighted by molar-refractivity contribution is 7.89. The van der Waals surface area contributed by atoms with E-state index < -0.39 is 27.5 Å². The maximum atomic E-state index is 13.3. The zero-order valence-electron chi connectivity index (χ0n) is 16.8. The average molecular weight is 454 g/mol. The fourth-order valence-electron chi connectivity index (χ4n) is 3.16. The number of halogens is 3. The van der Waals surface area contributed by atoms with Crippen LogP contribution in [-0.4, -0.2) is 37.3 Å². The fourth-order valence-corrected chi connectivity index (χ4v) is 3.88. The Bertz CT molecular complexity index is 1270. The Hall–Kier alpha value is -2.92. The summed E-state index contributed by atoms with van der Waals surface area (Å²) in [5.41, 5.74) is -0.459. The van der Waals surface area contributed by atoms with E-state index in [2.05, 4.69) is 15.0 Å². The molecule has 0 radical (unpaired) electrons. The second-order valence-corrected chi connectivity index (χ2v) is 8.94. The SMILES string of the molecule is CNS(=O)(=O)CCCNc1nc(=O)n(-c2ccccc2C)c2cc(C(F)(F)F)ccc12.